The number of rotatable bonds is 6. The topological polar surface area (TPSA) is 70.2 Å². The van der Waals surface area contributed by atoms with Crippen LogP contribution < -0.4 is 10.6 Å². The second-order valence-corrected chi connectivity index (χ2v) is 6.22. The number of carbonyl (C=O) groups is 1. The van der Waals surface area contributed by atoms with Gasteiger partial charge < -0.3 is 15.5 Å². The first kappa shape index (κ1) is 16.7. The van der Waals surface area contributed by atoms with E-state index >= 15 is 0 Å². The Hall–Kier alpha value is -1.69. The van der Waals surface area contributed by atoms with Gasteiger partial charge in [-0.2, -0.15) is 0 Å². The number of anilines is 1. The molecule has 0 radical (unpaired) electrons. The van der Waals surface area contributed by atoms with E-state index in [1.54, 1.807) is 6.07 Å². The van der Waals surface area contributed by atoms with Crippen molar-refractivity contribution >= 4 is 11.7 Å². The van der Waals surface area contributed by atoms with Crippen molar-refractivity contribution < 1.29 is 4.79 Å². The minimum atomic E-state index is -0.140. The highest BCUT2D eigenvalue weighted by Gasteiger charge is 2.15. The Labute approximate surface area is 132 Å². The maximum absolute atomic E-state index is 12.2. The van der Waals surface area contributed by atoms with Crippen LogP contribution in [0, 0.1) is 6.92 Å². The van der Waals surface area contributed by atoms with Crippen LogP contribution in [0.25, 0.3) is 0 Å². The van der Waals surface area contributed by atoms with E-state index in [0.717, 1.165) is 12.4 Å². The Kier molecular flexibility index (Phi) is 6.12. The number of aryl methyl sites for hydroxylation is 1. The Morgan fingerprint density at radius 2 is 2.00 bits per heavy atom. The van der Waals surface area contributed by atoms with Gasteiger partial charge in [-0.3, -0.25) is 4.79 Å². The van der Waals surface area contributed by atoms with Crippen LogP contribution in [-0.2, 0) is 0 Å². The van der Waals surface area contributed by atoms with Crippen LogP contribution in [0.2, 0.25) is 0 Å². The molecule has 6 nitrogen and oxygen atoms in total. The van der Waals surface area contributed by atoms with Crippen LogP contribution in [0.3, 0.4) is 0 Å². The quantitative estimate of drug-likeness (QED) is 0.839. The minimum absolute atomic E-state index is 0.140. The van der Waals surface area contributed by atoms with E-state index in [1.165, 1.54) is 32.1 Å². The number of nitrogens with zero attached hydrogens (tertiary/aromatic N) is 3. The van der Waals surface area contributed by atoms with Gasteiger partial charge >= 0.3 is 0 Å². The van der Waals surface area contributed by atoms with E-state index < -0.39 is 0 Å². The molecule has 1 aromatic rings. The Morgan fingerprint density at radius 1 is 1.27 bits per heavy atom. The molecule has 0 bridgehead atoms. The van der Waals surface area contributed by atoms with E-state index in [4.69, 9.17) is 0 Å². The second kappa shape index (κ2) is 8.08. The highest BCUT2D eigenvalue weighted by molar-refractivity contribution is 5.92. The first-order valence-electron chi connectivity index (χ1n) is 8.10. The van der Waals surface area contributed by atoms with E-state index in [9.17, 15) is 4.79 Å². The SMILES string of the molecule is Cc1nc(NC2CCCCC2)cc(C(=O)NCCN(C)C)n1. The normalized spacial score (nSPS) is 15.8. The zero-order valence-corrected chi connectivity index (χ0v) is 13.9. The maximum Gasteiger partial charge on any atom is 0.270 e. The smallest absolute Gasteiger partial charge is 0.270 e. The molecule has 22 heavy (non-hydrogen) atoms. The third-order valence-corrected chi connectivity index (χ3v) is 3.87. The summed E-state index contributed by atoms with van der Waals surface area (Å²) in [5.41, 5.74) is 0.435. The summed E-state index contributed by atoms with van der Waals surface area (Å²) in [6.07, 6.45) is 6.20. The van der Waals surface area contributed by atoms with Crippen LogP contribution in [0.4, 0.5) is 5.82 Å². The number of aromatic nitrogens is 2. The molecule has 1 aliphatic rings. The van der Waals surface area contributed by atoms with Crippen molar-refractivity contribution in [2.24, 2.45) is 0 Å². The zero-order valence-electron chi connectivity index (χ0n) is 13.9. The third kappa shape index (κ3) is 5.26. The summed E-state index contributed by atoms with van der Waals surface area (Å²) in [4.78, 5) is 22.9. The number of hydrogen-bond acceptors (Lipinski definition) is 5. The van der Waals surface area contributed by atoms with Crippen LogP contribution in [0.1, 0.15) is 48.4 Å². The third-order valence-electron chi connectivity index (χ3n) is 3.87. The van der Waals surface area contributed by atoms with E-state index in [0.29, 0.717) is 24.1 Å². The van der Waals surface area contributed by atoms with E-state index in [1.807, 2.05) is 25.9 Å². The van der Waals surface area contributed by atoms with Gasteiger partial charge in [0.1, 0.15) is 17.3 Å². The summed E-state index contributed by atoms with van der Waals surface area (Å²) in [6, 6.07) is 2.22. The summed E-state index contributed by atoms with van der Waals surface area (Å²) in [5, 5.41) is 6.34. The van der Waals surface area contributed by atoms with Crippen molar-refractivity contribution in [3.63, 3.8) is 0 Å². The minimum Gasteiger partial charge on any atom is -0.367 e. The zero-order chi connectivity index (χ0) is 15.9. The van der Waals surface area contributed by atoms with E-state index in [2.05, 4.69) is 20.6 Å². The monoisotopic (exact) mass is 305 g/mol. The van der Waals surface area contributed by atoms with Crippen LogP contribution in [0.15, 0.2) is 6.07 Å². The lowest BCUT2D eigenvalue weighted by atomic mass is 9.95. The van der Waals surface area contributed by atoms with Crippen molar-refractivity contribution in [2.45, 2.75) is 45.1 Å². The molecule has 1 aromatic heterocycles. The standard InChI is InChI=1S/C16H27N5O/c1-12-18-14(16(22)17-9-10-21(2)3)11-15(19-12)20-13-7-5-4-6-8-13/h11,13H,4-10H2,1-3H3,(H,17,22)(H,18,19,20). The molecule has 2 N–H and O–H groups in total. The van der Waals surface area contributed by atoms with E-state index in [-0.39, 0.29) is 5.91 Å². The van der Waals surface area contributed by atoms with Crippen LogP contribution >= 0.6 is 0 Å². The molecule has 1 aliphatic carbocycles. The van der Waals surface area contributed by atoms with Gasteiger partial charge in [0, 0.05) is 25.2 Å². The molecule has 1 amide bonds. The first-order valence-corrected chi connectivity index (χ1v) is 8.10. The Morgan fingerprint density at radius 3 is 2.68 bits per heavy atom. The molecule has 6 heteroatoms. The molecule has 0 unspecified atom stereocenters. The molecule has 1 heterocycles. The second-order valence-electron chi connectivity index (χ2n) is 6.22. The summed E-state index contributed by atoms with van der Waals surface area (Å²) < 4.78 is 0. The fraction of sp³-hybridized carbons (Fsp3) is 0.688. The lowest BCUT2D eigenvalue weighted by Gasteiger charge is -2.23. The molecule has 0 saturated heterocycles. The molecule has 2 rings (SSSR count). The van der Waals surface area contributed by atoms with Gasteiger partial charge in [0.25, 0.3) is 5.91 Å². The van der Waals surface area contributed by atoms with Gasteiger partial charge in [-0.1, -0.05) is 19.3 Å². The Balaban J connectivity index is 1.97. The summed E-state index contributed by atoms with van der Waals surface area (Å²) >= 11 is 0. The lowest BCUT2D eigenvalue weighted by Crippen LogP contribution is -2.32. The van der Waals surface area contributed by atoms with Gasteiger partial charge in [0.2, 0.25) is 0 Å². The molecule has 0 spiro atoms. The maximum atomic E-state index is 12.2. The van der Waals surface area contributed by atoms with Gasteiger partial charge in [-0.05, 0) is 33.9 Å². The highest BCUT2D eigenvalue weighted by atomic mass is 16.1. The predicted molar refractivity (Wildman–Crippen MR) is 88.2 cm³/mol. The number of nitrogens with one attached hydrogen (secondary N) is 2. The molecule has 1 saturated carbocycles. The van der Waals surface area contributed by atoms with Gasteiger partial charge in [0.05, 0.1) is 0 Å². The molecule has 1 fully saturated rings. The average Bonchev–Trinajstić information content (AvgIpc) is 2.47. The first-order chi connectivity index (χ1) is 10.5. The van der Waals surface area contributed by atoms with Crippen LogP contribution in [-0.4, -0.2) is 54.0 Å². The van der Waals surface area contributed by atoms with Gasteiger partial charge in [-0.15, -0.1) is 0 Å². The Bertz CT molecular complexity index is 497. The molecule has 0 aliphatic heterocycles. The largest absolute Gasteiger partial charge is 0.367 e. The molecular formula is C16H27N5O. The predicted octanol–water partition coefficient (Wildman–Crippen LogP) is 1.82. The van der Waals surface area contributed by atoms with Crippen molar-refractivity contribution in [1.82, 2.24) is 20.2 Å². The summed E-state index contributed by atoms with van der Waals surface area (Å²) in [7, 11) is 3.96. The van der Waals surface area contributed by atoms with Gasteiger partial charge in [0.15, 0.2) is 0 Å². The number of likely N-dealkylation sites (N-methyl/N-ethyl adjacent to an activating group) is 1. The van der Waals surface area contributed by atoms with Crippen LogP contribution in [0.5, 0.6) is 0 Å². The summed E-state index contributed by atoms with van der Waals surface area (Å²) in [6.45, 7) is 3.24. The van der Waals surface area contributed by atoms with Crippen molar-refractivity contribution in [1.29, 1.82) is 0 Å². The van der Waals surface area contributed by atoms with Crippen molar-refractivity contribution in [2.75, 3.05) is 32.5 Å². The molecular weight excluding hydrogens is 278 g/mol. The number of carbonyl (C=O) groups excluding carboxylic acids is 1. The fourth-order valence-corrected chi connectivity index (χ4v) is 2.70. The average molecular weight is 305 g/mol. The van der Waals surface area contributed by atoms with Crippen molar-refractivity contribution in [3.8, 4) is 0 Å². The molecule has 122 valence electrons. The van der Waals surface area contributed by atoms with Gasteiger partial charge in [-0.25, -0.2) is 9.97 Å². The molecule has 0 atom stereocenters. The number of hydrogen-bond donors (Lipinski definition) is 2. The molecule has 0 aromatic carbocycles. The number of amides is 1. The lowest BCUT2D eigenvalue weighted by molar-refractivity contribution is 0.0945. The van der Waals surface area contributed by atoms with Crippen molar-refractivity contribution in [3.05, 3.63) is 17.6 Å². The highest BCUT2D eigenvalue weighted by Crippen LogP contribution is 2.21. The summed E-state index contributed by atoms with van der Waals surface area (Å²) in [5.74, 6) is 1.25. The fourth-order valence-electron chi connectivity index (χ4n) is 2.70.